The van der Waals surface area contributed by atoms with Crippen LogP contribution in [0.25, 0.3) is 0 Å². The van der Waals surface area contributed by atoms with Crippen molar-refractivity contribution in [2.75, 3.05) is 19.6 Å². The highest BCUT2D eigenvalue weighted by molar-refractivity contribution is 5.86. The van der Waals surface area contributed by atoms with Gasteiger partial charge in [0.2, 0.25) is 11.8 Å². The number of rotatable bonds is 4. The Labute approximate surface area is 161 Å². The first-order valence-electron chi connectivity index (χ1n) is 9.82. The lowest BCUT2D eigenvalue weighted by Crippen LogP contribution is -2.42. The molecule has 2 amide bonds. The largest absolute Gasteiger partial charge is 0.416 e. The van der Waals surface area contributed by atoms with Crippen LogP contribution in [0.4, 0.5) is 13.2 Å². The van der Waals surface area contributed by atoms with E-state index in [0.717, 1.165) is 32.0 Å². The molecule has 2 N–H and O–H groups in total. The minimum absolute atomic E-state index is 0.0704. The zero-order valence-electron chi connectivity index (χ0n) is 15.5. The van der Waals surface area contributed by atoms with Gasteiger partial charge in [-0.25, -0.2) is 0 Å². The van der Waals surface area contributed by atoms with Gasteiger partial charge in [0.1, 0.15) is 0 Å². The van der Waals surface area contributed by atoms with Crippen molar-refractivity contribution >= 4 is 11.8 Å². The van der Waals surface area contributed by atoms with Crippen LogP contribution in [0.2, 0.25) is 0 Å². The average Bonchev–Trinajstić information content (AvgIpc) is 3.07. The molecule has 2 aliphatic heterocycles. The van der Waals surface area contributed by atoms with E-state index in [1.807, 2.05) is 4.90 Å². The van der Waals surface area contributed by atoms with Crippen LogP contribution in [0.1, 0.15) is 42.7 Å². The number of amides is 2. The molecule has 3 aliphatic rings. The molecule has 1 aliphatic carbocycles. The molecule has 8 heteroatoms. The molecule has 4 rings (SSSR count). The molecule has 3 fully saturated rings. The summed E-state index contributed by atoms with van der Waals surface area (Å²) in [4.78, 5) is 26.8. The summed E-state index contributed by atoms with van der Waals surface area (Å²) in [7, 11) is 0. The Hall–Kier alpha value is -2.09. The fourth-order valence-electron chi connectivity index (χ4n) is 4.25. The summed E-state index contributed by atoms with van der Waals surface area (Å²) in [6.45, 7) is 2.03. The third-order valence-electron chi connectivity index (χ3n) is 5.98. The van der Waals surface area contributed by atoms with Gasteiger partial charge < -0.3 is 15.5 Å². The van der Waals surface area contributed by atoms with Crippen LogP contribution in [0.15, 0.2) is 24.3 Å². The molecule has 0 spiro atoms. The van der Waals surface area contributed by atoms with Gasteiger partial charge in [0.25, 0.3) is 0 Å². The minimum atomic E-state index is -4.37. The van der Waals surface area contributed by atoms with Crippen molar-refractivity contribution in [3.05, 3.63) is 35.4 Å². The summed E-state index contributed by atoms with van der Waals surface area (Å²) >= 11 is 0. The van der Waals surface area contributed by atoms with Crippen molar-refractivity contribution < 1.29 is 22.8 Å². The van der Waals surface area contributed by atoms with Crippen molar-refractivity contribution in [3.63, 3.8) is 0 Å². The molecule has 0 aromatic heterocycles. The van der Waals surface area contributed by atoms with Gasteiger partial charge in [-0.15, -0.1) is 0 Å². The number of nitrogens with one attached hydrogen (secondary N) is 2. The van der Waals surface area contributed by atoms with E-state index in [2.05, 4.69) is 10.6 Å². The summed E-state index contributed by atoms with van der Waals surface area (Å²) < 4.78 is 38.6. The Morgan fingerprint density at radius 3 is 2.61 bits per heavy atom. The van der Waals surface area contributed by atoms with Gasteiger partial charge in [0.05, 0.1) is 17.5 Å². The number of hydrogen-bond donors (Lipinski definition) is 2. The highest BCUT2D eigenvalue weighted by Gasteiger charge is 2.43. The Morgan fingerprint density at radius 1 is 1.14 bits per heavy atom. The SMILES string of the molecule is O=C(N[C@H]1CC1c1cccc(C(F)(F)F)c1)[C@@H]1CN[C@H](C(=O)N2CCCC2)C1. The molecule has 2 heterocycles. The molecule has 152 valence electrons. The standard InChI is InChI=1S/C20H24F3N3O2/c21-20(22,23)14-5-3-4-12(8-14)15-10-16(15)25-18(27)13-9-17(24-11-13)19(28)26-6-1-2-7-26/h3-5,8,13,15-17,24H,1-2,6-7,9-11H2,(H,25,27)/t13-,15?,16-,17-/m0/s1. The fourth-order valence-corrected chi connectivity index (χ4v) is 4.25. The highest BCUT2D eigenvalue weighted by Crippen LogP contribution is 2.42. The zero-order chi connectivity index (χ0) is 19.9. The number of halogens is 3. The second-order valence-electron chi connectivity index (χ2n) is 8.01. The fraction of sp³-hybridized carbons (Fsp3) is 0.600. The number of alkyl halides is 3. The van der Waals surface area contributed by atoms with E-state index in [9.17, 15) is 22.8 Å². The normalized spacial score (nSPS) is 29.8. The first-order chi connectivity index (χ1) is 13.3. The maximum absolute atomic E-state index is 12.9. The lowest BCUT2D eigenvalue weighted by molar-refractivity contribution is -0.137. The van der Waals surface area contributed by atoms with Gasteiger partial charge in [0.15, 0.2) is 0 Å². The lowest BCUT2D eigenvalue weighted by Gasteiger charge is -2.19. The van der Waals surface area contributed by atoms with Crippen LogP contribution in [0, 0.1) is 5.92 Å². The zero-order valence-corrected chi connectivity index (χ0v) is 15.5. The summed E-state index contributed by atoms with van der Waals surface area (Å²) in [5.74, 6) is -0.410. The lowest BCUT2D eigenvalue weighted by atomic mass is 10.0. The van der Waals surface area contributed by atoms with Crippen LogP contribution in [-0.2, 0) is 15.8 Å². The third-order valence-corrected chi connectivity index (χ3v) is 5.98. The number of carbonyl (C=O) groups is 2. The van der Waals surface area contributed by atoms with E-state index in [-0.39, 0.29) is 35.7 Å². The van der Waals surface area contributed by atoms with Crippen LogP contribution >= 0.6 is 0 Å². The van der Waals surface area contributed by atoms with Gasteiger partial charge >= 0.3 is 6.18 Å². The highest BCUT2D eigenvalue weighted by atomic mass is 19.4. The summed E-state index contributed by atoms with van der Waals surface area (Å²) in [6.07, 6.45) is -1.19. The Bertz CT molecular complexity index is 761. The molecule has 28 heavy (non-hydrogen) atoms. The smallest absolute Gasteiger partial charge is 0.352 e. The second kappa shape index (κ2) is 7.39. The minimum Gasteiger partial charge on any atom is -0.352 e. The average molecular weight is 395 g/mol. The Morgan fingerprint density at radius 2 is 1.89 bits per heavy atom. The van der Waals surface area contributed by atoms with E-state index >= 15 is 0 Å². The molecular weight excluding hydrogens is 371 g/mol. The number of hydrogen-bond acceptors (Lipinski definition) is 3. The number of nitrogens with zero attached hydrogens (tertiary/aromatic N) is 1. The van der Waals surface area contributed by atoms with E-state index in [4.69, 9.17) is 0 Å². The predicted molar refractivity (Wildman–Crippen MR) is 96.4 cm³/mol. The summed E-state index contributed by atoms with van der Waals surface area (Å²) in [6, 6.07) is 4.86. The molecule has 5 nitrogen and oxygen atoms in total. The summed E-state index contributed by atoms with van der Waals surface area (Å²) in [5, 5.41) is 6.09. The second-order valence-corrected chi connectivity index (χ2v) is 8.01. The number of carbonyl (C=O) groups excluding carboxylic acids is 2. The third kappa shape index (κ3) is 4.01. The first-order valence-corrected chi connectivity index (χ1v) is 9.82. The molecule has 4 atom stereocenters. The van der Waals surface area contributed by atoms with Gasteiger partial charge in [0, 0.05) is 31.6 Å². The van der Waals surface area contributed by atoms with Gasteiger partial charge in [-0.2, -0.15) is 13.2 Å². The van der Waals surface area contributed by atoms with Crippen molar-refractivity contribution in [3.8, 4) is 0 Å². The molecule has 0 radical (unpaired) electrons. The molecule has 1 unspecified atom stereocenters. The van der Waals surface area contributed by atoms with Gasteiger partial charge in [-0.1, -0.05) is 18.2 Å². The quantitative estimate of drug-likeness (QED) is 0.822. The monoisotopic (exact) mass is 395 g/mol. The van der Waals surface area contributed by atoms with Crippen molar-refractivity contribution in [1.29, 1.82) is 0 Å². The van der Waals surface area contributed by atoms with E-state index in [1.54, 1.807) is 6.07 Å². The van der Waals surface area contributed by atoms with E-state index in [0.29, 0.717) is 24.9 Å². The van der Waals surface area contributed by atoms with Crippen LogP contribution in [-0.4, -0.2) is 48.4 Å². The summed E-state index contributed by atoms with van der Waals surface area (Å²) in [5.41, 5.74) is -0.0583. The topological polar surface area (TPSA) is 61.4 Å². The maximum atomic E-state index is 12.9. The van der Waals surface area contributed by atoms with Crippen molar-refractivity contribution in [2.45, 2.75) is 49.9 Å². The number of benzene rings is 1. The van der Waals surface area contributed by atoms with Crippen LogP contribution in [0.5, 0.6) is 0 Å². The molecule has 1 saturated carbocycles. The number of likely N-dealkylation sites (tertiary alicyclic amines) is 1. The predicted octanol–water partition coefficient (Wildman–Crippen LogP) is 2.28. The first kappa shape index (κ1) is 19.2. The van der Waals surface area contributed by atoms with Crippen LogP contribution in [0.3, 0.4) is 0 Å². The van der Waals surface area contributed by atoms with Crippen molar-refractivity contribution in [1.82, 2.24) is 15.5 Å². The Balaban J connectivity index is 1.29. The molecule has 0 bridgehead atoms. The van der Waals surface area contributed by atoms with E-state index < -0.39 is 11.7 Å². The maximum Gasteiger partial charge on any atom is 0.416 e. The molecule has 1 aromatic carbocycles. The van der Waals surface area contributed by atoms with Crippen LogP contribution < -0.4 is 10.6 Å². The van der Waals surface area contributed by atoms with E-state index in [1.165, 1.54) is 12.1 Å². The molecule has 1 aromatic rings. The van der Waals surface area contributed by atoms with Gasteiger partial charge in [-0.05, 0) is 37.3 Å². The molecule has 2 saturated heterocycles. The Kier molecular flexibility index (Phi) is 5.07. The molecular formula is C20H24F3N3O2. The van der Waals surface area contributed by atoms with Crippen molar-refractivity contribution in [2.24, 2.45) is 5.92 Å². The van der Waals surface area contributed by atoms with Gasteiger partial charge in [-0.3, -0.25) is 9.59 Å².